The average molecular weight is 447 g/mol. The van der Waals surface area contributed by atoms with Gasteiger partial charge in [-0.15, -0.1) is 0 Å². The second-order valence-electron chi connectivity index (χ2n) is 6.35. The number of anilines is 1. The van der Waals surface area contributed by atoms with E-state index in [0.717, 1.165) is 47.6 Å². The van der Waals surface area contributed by atoms with Gasteiger partial charge in [-0.05, 0) is 54.0 Å². The lowest BCUT2D eigenvalue weighted by molar-refractivity contribution is 0.558. The summed E-state index contributed by atoms with van der Waals surface area (Å²) >= 11 is 8.92. The molecule has 0 radical (unpaired) electrons. The standard InChI is InChI=1S/C19H23BrN6S/c1-14-18(20)15(2)26(24-14)10-6-9-21-19(27)23-17-11-22-25(13-17)12-16-7-4-3-5-8-16/h3-5,7-8,11,13H,6,9-10,12H2,1-2H3,(H2,21,23,27). The number of aryl methyl sites for hydroxylation is 2. The van der Waals surface area contributed by atoms with Gasteiger partial charge in [0.15, 0.2) is 5.11 Å². The zero-order valence-corrected chi connectivity index (χ0v) is 17.8. The van der Waals surface area contributed by atoms with Gasteiger partial charge in [0.05, 0.1) is 28.6 Å². The highest BCUT2D eigenvalue weighted by atomic mass is 79.9. The number of benzene rings is 1. The van der Waals surface area contributed by atoms with Gasteiger partial charge in [0.2, 0.25) is 0 Å². The Hall–Kier alpha value is -2.19. The maximum Gasteiger partial charge on any atom is 0.170 e. The van der Waals surface area contributed by atoms with Crippen molar-refractivity contribution in [2.24, 2.45) is 0 Å². The topological polar surface area (TPSA) is 59.7 Å². The van der Waals surface area contributed by atoms with Crippen molar-refractivity contribution >= 4 is 38.9 Å². The Bertz CT molecular complexity index is 902. The van der Waals surface area contributed by atoms with E-state index in [-0.39, 0.29) is 0 Å². The fourth-order valence-electron chi connectivity index (χ4n) is 2.78. The lowest BCUT2D eigenvalue weighted by atomic mass is 10.2. The predicted molar refractivity (Wildman–Crippen MR) is 116 cm³/mol. The van der Waals surface area contributed by atoms with Gasteiger partial charge in [0.1, 0.15) is 0 Å². The number of nitrogens with zero attached hydrogens (tertiary/aromatic N) is 4. The molecule has 2 heterocycles. The summed E-state index contributed by atoms with van der Waals surface area (Å²) in [6.45, 7) is 6.43. The number of hydrogen-bond acceptors (Lipinski definition) is 3. The third-order valence-corrected chi connectivity index (χ3v) is 5.60. The Morgan fingerprint density at radius 2 is 2.00 bits per heavy atom. The van der Waals surface area contributed by atoms with Crippen LogP contribution < -0.4 is 10.6 Å². The SMILES string of the molecule is Cc1nn(CCCNC(=S)Nc2cnn(Cc3ccccc3)c2)c(C)c1Br. The first-order valence-electron chi connectivity index (χ1n) is 8.83. The van der Waals surface area contributed by atoms with E-state index in [1.165, 1.54) is 5.56 Å². The Labute approximate surface area is 173 Å². The second kappa shape index (κ2) is 9.14. The van der Waals surface area contributed by atoms with E-state index in [9.17, 15) is 0 Å². The number of halogens is 1. The minimum absolute atomic E-state index is 0.601. The molecule has 27 heavy (non-hydrogen) atoms. The highest BCUT2D eigenvalue weighted by Crippen LogP contribution is 2.19. The summed E-state index contributed by atoms with van der Waals surface area (Å²) in [6.07, 6.45) is 4.67. The first-order chi connectivity index (χ1) is 13.0. The lowest BCUT2D eigenvalue weighted by Crippen LogP contribution is -2.29. The Kier molecular flexibility index (Phi) is 6.63. The predicted octanol–water partition coefficient (Wildman–Crippen LogP) is 3.88. The van der Waals surface area contributed by atoms with Crippen LogP contribution in [0.4, 0.5) is 5.69 Å². The van der Waals surface area contributed by atoms with Gasteiger partial charge >= 0.3 is 0 Å². The molecule has 0 saturated carbocycles. The van der Waals surface area contributed by atoms with Crippen molar-refractivity contribution in [2.75, 3.05) is 11.9 Å². The largest absolute Gasteiger partial charge is 0.362 e. The summed E-state index contributed by atoms with van der Waals surface area (Å²) in [5.41, 5.74) is 4.26. The van der Waals surface area contributed by atoms with E-state index in [2.05, 4.69) is 55.8 Å². The van der Waals surface area contributed by atoms with E-state index in [1.807, 2.05) is 40.7 Å². The molecule has 3 rings (SSSR count). The zero-order valence-electron chi connectivity index (χ0n) is 15.4. The molecule has 0 fully saturated rings. The molecule has 6 nitrogen and oxygen atoms in total. The van der Waals surface area contributed by atoms with Crippen molar-refractivity contribution < 1.29 is 0 Å². The molecule has 0 spiro atoms. The molecule has 0 aliphatic heterocycles. The highest BCUT2D eigenvalue weighted by molar-refractivity contribution is 9.10. The zero-order chi connectivity index (χ0) is 19.2. The van der Waals surface area contributed by atoms with Gasteiger partial charge in [-0.2, -0.15) is 10.2 Å². The fourth-order valence-corrected chi connectivity index (χ4v) is 3.29. The van der Waals surface area contributed by atoms with Crippen molar-refractivity contribution in [1.82, 2.24) is 24.9 Å². The normalized spacial score (nSPS) is 10.8. The van der Waals surface area contributed by atoms with Gasteiger partial charge in [-0.3, -0.25) is 9.36 Å². The van der Waals surface area contributed by atoms with Crippen molar-refractivity contribution in [3.05, 3.63) is 64.1 Å². The summed E-state index contributed by atoms with van der Waals surface area (Å²) in [5, 5.41) is 15.9. The number of aromatic nitrogens is 4. The van der Waals surface area contributed by atoms with Gasteiger partial charge in [0.25, 0.3) is 0 Å². The number of nitrogens with one attached hydrogen (secondary N) is 2. The van der Waals surface area contributed by atoms with Gasteiger partial charge in [0, 0.05) is 25.0 Å². The quantitative estimate of drug-likeness (QED) is 0.425. The molecule has 8 heteroatoms. The minimum Gasteiger partial charge on any atom is -0.362 e. The summed E-state index contributed by atoms with van der Waals surface area (Å²) in [5.74, 6) is 0. The van der Waals surface area contributed by atoms with Crippen molar-refractivity contribution in [1.29, 1.82) is 0 Å². The van der Waals surface area contributed by atoms with Crippen molar-refractivity contribution in [3.8, 4) is 0 Å². The average Bonchev–Trinajstić information content (AvgIpc) is 3.19. The Balaban J connectivity index is 1.41. The Morgan fingerprint density at radius 1 is 1.22 bits per heavy atom. The van der Waals surface area contributed by atoms with E-state index >= 15 is 0 Å². The van der Waals surface area contributed by atoms with Crippen LogP contribution in [0.25, 0.3) is 0 Å². The molecule has 1 aromatic carbocycles. The molecule has 0 unspecified atom stereocenters. The molecular weight excluding hydrogens is 424 g/mol. The summed E-state index contributed by atoms with van der Waals surface area (Å²) in [7, 11) is 0. The molecule has 0 aliphatic rings. The summed E-state index contributed by atoms with van der Waals surface area (Å²) in [6, 6.07) is 10.2. The first kappa shape index (κ1) is 19.6. The molecule has 0 amide bonds. The smallest absolute Gasteiger partial charge is 0.170 e. The van der Waals surface area contributed by atoms with E-state index in [0.29, 0.717) is 5.11 Å². The second-order valence-corrected chi connectivity index (χ2v) is 7.56. The van der Waals surface area contributed by atoms with Gasteiger partial charge in [-0.1, -0.05) is 30.3 Å². The van der Waals surface area contributed by atoms with Crippen LogP contribution in [0.15, 0.2) is 47.2 Å². The van der Waals surface area contributed by atoms with Crippen LogP contribution >= 0.6 is 28.1 Å². The molecule has 0 atom stereocenters. The van der Waals surface area contributed by atoms with Gasteiger partial charge in [-0.25, -0.2) is 0 Å². The van der Waals surface area contributed by atoms with E-state index < -0.39 is 0 Å². The molecule has 0 aliphatic carbocycles. The summed E-state index contributed by atoms with van der Waals surface area (Å²) < 4.78 is 4.99. The summed E-state index contributed by atoms with van der Waals surface area (Å²) in [4.78, 5) is 0. The van der Waals surface area contributed by atoms with Crippen LogP contribution in [-0.2, 0) is 13.1 Å². The van der Waals surface area contributed by atoms with Crippen LogP contribution in [0.5, 0.6) is 0 Å². The van der Waals surface area contributed by atoms with E-state index in [4.69, 9.17) is 12.2 Å². The monoisotopic (exact) mass is 446 g/mol. The van der Waals surface area contributed by atoms with E-state index in [1.54, 1.807) is 6.20 Å². The number of hydrogen-bond donors (Lipinski definition) is 2. The van der Waals surface area contributed by atoms with Crippen LogP contribution in [-0.4, -0.2) is 31.2 Å². The van der Waals surface area contributed by atoms with Crippen LogP contribution in [0.1, 0.15) is 23.4 Å². The maximum atomic E-state index is 5.37. The van der Waals surface area contributed by atoms with Crippen molar-refractivity contribution in [3.63, 3.8) is 0 Å². The minimum atomic E-state index is 0.601. The van der Waals surface area contributed by atoms with Crippen LogP contribution in [0, 0.1) is 13.8 Å². The number of thiocarbonyl (C=S) groups is 1. The molecule has 0 bridgehead atoms. The molecule has 3 aromatic rings. The third kappa shape index (κ3) is 5.40. The molecule has 2 N–H and O–H groups in total. The highest BCUT2D eigenvalue weighted by Gasteiger charge is 2.08. The fraction of sp³-hybridized carbons (Fsp3) is 0.316. The number of rotatable bonds is 7. The van der Waals surface area contributed by atoms with Crippen molar-refractivity contribution in [2.45, 2.75) is 33.4 Å². The lowest BCUT2D eigenvalue weighted by Gasteiger charge is -2.09. The van der Waals surface area contributed by atoms with Gasteiger partial charge < -0.3 is 10.6 Å². The van der Waals surface area contributed by atoms with Crippen LogP contribution in [0.3, 0.4) is 0 Å². The van der Waals surface area contributed by atoms with Crippen LogP contribution in [0.2, 0.25) is 0 Å². The molecule has 2 aromatic heterocycles. The molecule has 142 valence electrons. The molecule has 0 saturated heterocycles. The Morgan fingerprint density at radius 3 is 2.70 bits per heavy atom. The maximum absolute atomic E-state index is 5.37. The first-order valence-corrected chi connectivity index (χ1v) is 10.0. The third-order valence-electron chi connectivity index (χ3n) is 4.20. The molecular formula is C19H23BrN6S.